The minimum atomic E-state index is -0.514. The highest BCUT2D eigenvalue weighted by atomic mass is 16.2. The predicted octanol–water partition coefficient (Wildman–Crippen LogP) is 4.52. The van der Waals surface area contributed by atoms with E-state index in [1.807, 2.05) is 33.9 Å². The average Bonchev–Trinajstić information content (AvgIpc) is 3.83. The van der Waals surface area contributed by atoms with E-state index in [0.29, 0.717) is 18.4 Å². The van der Waals surface area contributed by atoms with Crippen molar-refractivity contribution < 1.29 is 9.59 Å². The molecule has 7 heteroatoms. The zero-order valence-electron chi connectivity index (χ0n) is 21.8. The van der Waals surface area contributed by atoms with E-state index in [9.17, 15) is 9.59 Å². The van der Waals surface area contributed by atoms with Crippen molar-refractivity contribution in [3.63, 3.8) is 0 Å². The number of carbonyl (C=O) groups is 2. The second-order valence-corrected chi connectivity index (χ2v) is 11.5. The Balaban J connectivity index is 1.04. The maximum Gasteiger partial charge on any atom is 0.256 e. The number of benzene rings is 2. The van der Waals surface area contributed by atoms with Crippen LogP contribution < -0.4 is 0 Å². The topological polar surface area (TPSA) is 70.8 Å². The van der Waals surface area contributed by atoms with Crippen molar-refractivity contribution >= 4 is 17.6 Å². The van der Waals surface area contributed by atoms with Gasteiger partial charge in [-0.15, -0.1) is 0 Å². The van der Waals surface area contributed by atoms with Gasteiger partial charge in [0.2, 0.25) is 5.91 Å². The lowest BCUT2D eigenvalue weighted by Gasteiger charge is -2.22. The van der Waals surface area contributed by atoms with Gasteiger partial charge in [-0.05, 0) is 61.1 Å². The average molecular weight is 508 g/mol. The smallest absolute Gasteiger partial charge is 0.256 e. The van der Waals surface area contributed by atoms with Gasteiger partial charge >= 0.3 is 0 Å². The number of aliphatic imine (C=N–C) groups is 1. The summed E-state index contributed by atoms with van der Waals surface area (Å²) in [5.41, 5.74) is 5.01. The van der Waals surface area contributed by atoms with E-state index in [0.717, 1.165) is 85.3 Å². The third kappa shape index (κ3) is 4.24. The summed E-state index contributed by atoms with van der Waals surface area (Å²) in [4.78, 5) is 34.7. The molecule has 2 aromatic carbocycles. The van der Waals surface area contributed by atoms with Crippen molar-refractivity contribution in [1.29, 1.82) is 0 Å². The molecule has 1 aromatic heterocycles. The van der Waals surface area contributed by atoms with Crippen molar-refractivity contribution in [1.82, 2.24) is 19.6 Å². The number of likely N-dealkylation sites (tertiary alicyclic amines) is 1. The molecule has 3 fully saturated rings. The van der Waals surface area contributed by atoms with Gasteiger partial charge in [0, 0.05) is 49.9 Å². The number of nitrogens with zero attached hydrogens (tertiary/aromatic N) is 5. The third-order valence-electron chi connectivity index (χ3n) is 8.63. The van der Waals surface area contributed by atoms with Gasteiger partial charge in [-0.1, -0.05) is 48.5 Å². The van der Waals surface area contributed by atoms with Gasteiger partial charge in [-0.2, -0.15) is 5.10 Å². The number of carbonyl (C=O) groups excluding carboxylic acids is 2. The van der Waals surface area contributed by atoms with Crippen LogP contribution in [0, 0.1) is 11.8 Å². The van der Waals surface area contributed by atoms with E-state index in [4.69, 9.17) is 4.99 Å². The van der Waals surface area contributed by atoms with Crippen molar-refractivity contribution in [2.45, 2.75) is 44.1 Å². The van der Waals surface area contributed by atoms with Crippen molar-refractivity contribution in [3.8, 4) is 22.3 Å². The van der Waals surface area contributed by atoms with Gasteiger partial charge in [0.05, 0.1) is 6.20 Å². The summed E-state index contributed by atoms with van der Waals surface area (Å²) in [7, 11) is 1.92. The first kappa shape index (κ1) is 23.4. The monoisotopic (exact) mass is 507 g/mol. The molecule has 0 bridgehead atoms. The highest BCUT2D eigenvalue weighted by Gasteiger charge is 2.57. The number of aryl methyl sites for hydroxylation is 1. The minimum Gasteiger partial charge on any atom is -0.342 e. The molecule has 0 N–H and O–H groups in total. The molecule has 1 spiro atoms. The number of hydrogen-bond acceptors (Lipinski definition) is 4. The van der Waals surface area contributed by atoms with Crippen LogP contribution in [-0.2, 0) is 16.6 Å². The molecule has 2 aliphatic carbocycles. The number of amides is 2. The molecule has 2 aliphatic heterocycles. The number of aromatic nitrogens is 2. The van der Waals surface area contributed by atoms with Gasteiger partial charge in [-0.3, -0.25) is 24.2 Å². The van der Waals surface area contributed by atoms with Gasteiger partial charge in [-0.25, -0.2) is 0 Å². The third-order valence-corrected chi connectivity index (χ3v) is 8.63. The summed E-state index contributed by atoms with van der Waals surface area (Å²) in [6.07, 6.45) is 9.65. The Labute approximate surface area is 223 Å². The molecule has 1 atom stereocenters. The molecule has 2 amide bonds. The molecule has 1 saturated heterocycles. The SMILES string of the molecule is Cn1cc(-c2ccc(-c3ccc(C4=NC5(CC5)C(=O)N4CC[C@H]4CCN(C(=O)C5CC5)C4)cc3)cc2)cn1. The highest BCUT2D eigenvalue weighted by molar-refractivity contribution is 6.16. The lowest BCUT2D eigenvalue weighted by Crippen LogP contribution is -2.38. The molecule has 3 aromatic rings. The number of amidine groups is 1. The fraction of sp³-hybridized carbons (Fsp3) is 0.419. The molecule has 0 unspecified atom stereocenters. The van der Waals surface area contributed by atoms with E-state index in [-0.39, 0.29) is 11.8 Å². The van der Waals surface area contributed by atoms with Crippen LogP contribution in [0.2, 0.25) is 0 Å². The van der Waals surface area contributed by atoms with E-state index in [1.54, 1.807) is 0 Å². The normalized spacial score (nSPS) is 21.9. The van der Waals surface area contributed by atoms with Crippen LogP contribution in [0.25, 0.3) is 22.3 Å². The van der Waals surface area contributed by atoms with E-state index in [2.05, 4.69) is 53.6 Å². The van der Waals surface area contributed by atoms with Crippen LogP contribution in [0.3, 0.4) is 0 Å². The van der Waals surface area contributed by atoms with E-state index in [1.165, 1.54) is 0 Å². The second-order valence-electron chi connectivity index (χ2n) is 11.5. The van der Waals surface area contributed by atoms with Crippen LogP contribution >= 0.6 is 0 Å². The first-order valence-electron chi connectivity index (χ1n) is 13.9. The number of hydrogen-bond donors (Lipinski definition) is 0. The van der Waals surface area contributed by atoms with Gasteiger partial charge in [0.1, 0.15) is 11.4 Å². The largest absolute Gasteiger partial charge is 0.342 e. The standard InChI is InChI=1S/C31H33N5O2/c1-34-20-27(18-32-34)24-4-2-22(3-5-24)23-6-8-25(9-7-23)28-33-31(14-15-31)30(38)36(28)17-13-21-12-16-35(19-21)29(37)26-10-11-26/h2-9,18,20-21,26H,10-17,19H2,1H3/t21-/m1/s1. The summed E-state index contributed by atoms with van der Waals surface area (Å²) in [6, 6.07) is 17.0. The lowest BCUT2D eigenvalue weighted by molar-refractivity contribution is -0.132. The molecule has 3 heterocycles. The van der Waals surface area contributed by atoms with Crippen LogP contribution in [0.1, 0.15) is 44.1 Å². The second kappa shape index (κ2) is 8.93. The quantitative estimate of drug-likeness (QED) is 0.472. The summed E-state index contributed by atoms with van der Waals surface area (Å²) in [5, 5.41) is 4.26. The van der Waals surface area contributed by atoms with E-state index < -0.39 is 5.54 Å². The summed E-state index contributed by atoms with van der Waals surface area (Å²) < 4.78 is 1.81. The summed E-state index contributed by atoms with van der Waals surface area (Å²) in [5.74, 6) is 2.06. The lowest BCUT2D eigenvalue weighted by atomic mass is 10.0. The number of rotatable bonds is 7. The van der Waals surface area contributed by atoms with Crippen LogP contribution in [0.15, 0.2) is 65.9 Å². The minimum absolute atomic E-state index is 0.159. The Hall–Kier alpha value is -3.74. The van der Waals surface area contributed by atoms with E-state index >= 15 is 0 Å². The van der Waals surface area contributed by atoms with Crippen LogP contribution in [0.5, 0.6) is 0 Å². The molecule has 0 radical (unpaired) electrons. The summed E-state index contributed by atoms with van der Waals surface area (Å²) >= 11 is 0. The van der Waals surface area contributed by atoms with Crippen LogP contribution in [-0.4, -0.2) is 62.4 Å². The maximum absolute atomic E-state index is 13.3. The first-order chi connectivity index (χ1) is 18.5. The summed E-state index contributed by atoms with van der Waals surface area (Å²) in [6.45, 7) is 2.37. The first-order valence-corrected chi connectivity index (χ1v) is 13.9. The molecular formula is C31H33N5O2. The van der Waals surface area contributed by atoms with Gasteiger partial charge < -0.3 is 4.90 Å². The fourth-order valence-electron chi connectivity index (χ4n) is 5.94. The van der Waals surface area contributed by atoms with Crippen molar-refractivity contribution in [2.24, 2.45) is 23.9 Å². The molecule has 2 saturated carbocycles. The Kier molecular flexibility index (Phi) is 5.49. The Bertz CT molecular complexity index is 1410. The Morgan fingerprint density at radius 1 is 0.921 bits per heavy atom. The Morgan fingerprint density at radius 2 is 1.55 bits per heavy atom. The zero-order valence-corrected chi connectivity index (χ0v) is 21.8. The molecule has 38 heavy (non-hydrogen) atoms. The molecule has 194 valence electrons. The molecular weight excluding hydrogens is 474 g/mol. The zero-order chi connectivity index (χ0) is 25.9. The van der Waals surface area contributed by atoms with Crippen molar-refractivity contribution in [3.05, 3.63) is 66.5 Å². The highest BCUT2D eigenvalue weighted by Crippen LogP contribution is 2.46. The van der Waals surface area contributed by atoms with Crippen LogP contribution in [0.4, 0.5) is 0 Å². The molecule has 7 rings (SSSR count). The maximum atomic E-state index is 13.3. The van der Waals surface area contributed by atoms with Crippen molar-refractivity contribution in [2.75, 3.05) is 19.6 Å². The molecule has 4 aliphatic rings. The van der Waals surface area contributed by atoms with Gasteiger partial charge in [0.15, 0.2) is 0 Å². The Morgan fingerprint density at radius 3 is 2.13 bits per heavy atom. The fourth-order valence-corrected chi connectivity index (χ4v) is 5.94. The van der Waals surface area contributed by atoms with Gasteiger partial charge in [0.25, 0.3) is 5.91 Å². The molecule has 7 nitrogen and oxygen atoms in total. The predicted molar refractivity (Wildman–Crippen MR) is 146 cm³/mol.